The van der Waals surface area contributed by atoms with E-state index < -0.39 is 0 Å². The van der Waals surface area contributed by atoms with Crippen molar-refractivity contribution >= 4 is 10.9 Å². The first-order valence-electron chi connectivity index (χ1n) is 6.16. The van der Waals surface area contributed by atoms with E-state index in [1.165, 1.54) is 30.2 Å². The minimum atomic E-state index is 0.616. The van der Waals surface area contributed by atoms with Gasteiger partial charge in [0, 0.05) is 17.8 Å². The Bertz CT molecular complexity index is 486. The summed E-state index contributed by atoms with van der Waals surface area (Å²) in [5.74, 6) is 0.663. The standard InChI is InChI=1S/C14H18N2/c15-10-12-5-3-7-14(12)16-9-8-11-4-1-2-6-13(11)16/h1-2,4,6,8-9,12,14H,3,5,7,10,15H2. The Labute approximate surface area is 96.1 Å². The second kappa shape index (κ2) is 3.95. The molecule has 3 rings (SSSR count). The summed E-state index contributed by atoms with van der Waals surface area (Å²) in [6.45, 7) is 0.817. The van der Waals surface area contributed by atoms with Gasteiger partial charge in [0.1, 0.15) is 0 Å². The Morgan fingerprint density at radius 1 is 1.19 bits per heavy atom. The predicted molar refractivity (Wildman–Crippen MR) is 67.4 cm³/mol. The smallest absolute Gasteiger partial charge is 0.0482 e. The van der Waals surface area contributed by atoms with Crippen molar-refractivity contribution in [3.05, 3.63) is 36.5 Å². The first-order chi connectivity index (χ1) is 7.90. The number of hydrogen-bond donors (Lipinski definition) is 1. The highest BCUT2D eigenvalue weighted by Crippen LogP contribution is 2.37. The van der Waals surface area contributed by atoms with Gasteiger partial charge in [0.15, 0.2) is 0 Å². The van der Waals surface area contributed by atoms with Crippen LogP contribution >= 0.6 is 0 Å². The monoisotopic (exact) mass is 214 g/mol. The van der Waals surface area contributed by atoms with E-state index in [1.54, 1.807) is 0 Å². The number of fused-ring (bicyclic) bond motifs is 1. The fourth-order valence-corrected chi connectivity index (χ4v) is 3.05. The lowest BCUT2D eigenvalue weighted by molar-refractivity contribution is 0.397. The minimum absolute atomic E-state index is 0.616. The molecule has 0 spiro atoms. The van der Waals surface area contributed by atoms with Gasteiger partial charge < -0.3 is 10.3 Å². The molecule has 1 aliphatic rings. The van der Waals surface area contributed by atoms with E-state index in [-0.39, 0.29) is 0 Å². The van der Waals surface area contributed by atoms with Gasteiger partial charge in [0.05, 0.1) is 0 Å². The summed E-state index contributed by atoms with van der Waals surface area (Å²) >= 11 is 0. The first kappa shape index (κ1) is 9.91. The molecule has 2 aromatic rings. The fraction of sp³-hybridized carbons (Fsp3) is 0.429. The number of rotatable bonds is 2. The molecule has 0 aliphatic heterocycles. The highest BCUT2D eigenvalue weighted by Gasteiger charge is 2.27. The molecule has 2 heteroatoms. The summed E-state index contributed by atoms with van der Waals surface area (Å²) in [6, 6.07) is 11.4. The van der Waals surface area contributed by atoms with E-state index in [0.29, 0.717) is 12.0 Å². The van der Waals surface area contributed by atoms with Gasteiger partial charge in [-0.25, -0.2) is 0 Å². The maximum Gasteiger partial charge on any atom is 0.0482 e. The largest absolute Gasteiger partial charge is 0.344 e. The SMILES string of the molecule is NCC1CCCC1n1ccc2ccccc21. The van der Waals surface area contributed by atoms with Crippen molar-refractivity contribution in [3.63, 3.8) is 0 Å². The van der Waals surface area contributed by atoms with Gasteiger partial charge in [0.2, 0.25) is 0 Å². The number of para-hydroxylation sites is 1. The maximum absolute atomic E-state index is 5.86. The van der Waals surface area contributed by atoms with E-state index in [4.69, 9.17) is 5.73 Å². The molecule has 0 radical (unpaired) electrons. The van der Waals surface area contributed by atoms with Crippen LogP contribution in [0, 0.1) is 5.92 Å². The number of aromatic nitrogens is 1. The Morgan fingerprint density at radius 2 is 2.06 bits per heavy atom. The summed E-state index contributed by atoms with van der Waals surface area (Å²) in [5.41, 5.74) is 7.22. The van der Waals surface area contributed by atoms with Crippen molar-refractivity contribution in [2.45, 2.75) is 25.3 Å². The number of nitrogens with zero attached hydrogens (tertiary/aromatic N) is 1. The van der Waals surface area contributed by atoms with Gasteiger partial charge in [-0.05, 0) is 42.8 Å². The molecule has 2 N–H and O–H groups in total. The van der Waals surface area contributed by atoms with Gasteiger partial charge in [0.25, 0.3) is 0 Å². The Balaban J connectivity index is 2.05. The first-order valence-corrected chi connectivity index (χ1v) is 6.16. The second-order valence-corrected chi connectivity index (χ2v) is 4.78. The Hall–Kier alpha value is -1.28. The topological polar surface area (TPSA) is 30.9 Å². The van der Waals surface area contributed by atoms with Crippen LogP contribution in [0.5, 0.6) is 0 Å². The van der Waals surface area contributed by atoms with Crippen LogP contribution in [0.2, 0.25) is 0 Å². The molecular weight excluding hydrogens is 196 g/mol. The lowest BCUT2D eigenvalue weighted by Crippen LogP contribution is -2.21. The highest BCUT2D eigenvalue weighted by molar-refractivity contribution is 5.80. The molecule has 1 saturated carbocycles. The minimum Gasteiger partial charge on any atom is -0.344 e. The molecule has 1 aromatic heterocycles. The molecule has 16 heavy (non-hydrogen) atoms. The van der Waals surface area contributed by atoms with E-state index in [2.05, 4.69) is 41.1 Å². The van der Waals surface area contributed by atoms with Crippen molar-refractivity contribution in [2.75, 3.05) is 6.54 Å². The quantitative estimate of drug-likeness (QED) is 0.818. The predicted octanol–water partition coefficient (Wildman–Crippen LogP) is 2.94. The summed E-state index contributed by atoms with van der Waals surface area (Å²) in [6.07, 6.45) is 6.11. The molecule has 1 fully saturated rings. The molecule has 2 nitrogen and oxygen atoms in total. The molecule has 2 unspecified atom stereocenters. The summed E-state index contributed by atoms with van der Waals surface area (Å²) in [7, 11) is 0. The van der Waals surface area contributed by atoms with Crippen molar-refractivity contribution in [1.82, 2.24) is 4.57 Å². The van der Waals surface area contributed by atoms with Crippen molar-refractivity contribution in [3.8, 4) is 0 Å². The van der Waals surface area contributed by atoms with E-state index in [1.807, 2.05) is 0 Å². The molecule has 0 saturated heterocycles. The van der Waals surface area contributed by atoms with Crippen LogP contribution in [0.25, 0.3) is 10.9 Å². The number of benzene rings is 1. The average molecular weight is 214 g/mol. The lowest BCUT2D eigenvalue weighted by atomic mass is 10.0. The molecule has 0 bridgehead atoms. The van der Waals surface area contributed by atoms with Crippen molar-refractivity contribution < 1.29 is 0 Å². The van der Waals surface area contributed by atoms with Crippen molar-refractivity contribution in [1.29, 1.82) is 0 Å². The van der Waals surface area contributed by atoms with Crippen LogP contribution in [-0.2, 0) is 0 Å². The third kappa shape index (κ3) is 1.45. The number of nitrogens with two attached hydrogens (primary N) is 1. The molecule has 1 aromatic carbocycles. The Morgan fingerprint density at radius 3 is 2.94 bits per heavy atom. The average Bonchev–Trinajstić information content (AvgIpc) is 2.94. The van der Waals surface area contributed by atoms with Crippen LogP contribution < -0.4 is 5.73 Å². The van der Waals surface area contributed by atoms with Gasteiger partial charge >= 0.3 is 0 Å². The van der Waals surface area contributed by atoms with Gasteiger partial charge in [-0.1, -0.05) is 24.6 Å². The third-order valence-corrected chi connectivity index (χ3v) is 3.91. The van der Waals surface area contributed by atoms with E-state index in [9.17, 15) is 0 Å². The molecule has 84 valence electrons. The maximum atomic E-state index is 5.86. The van der Waals surface area contributed by atoms with E-state index in [0.717, 1.165) is 6.54 Å². The van der Waals surface area contributed by atoms with E-state index >= 15 is 0 Å². The summed E-state index contributed by atoms with van der Waals surface area (Å²) in [4.78, 5) is 0. The van der Waals surface area contributed by atoms with Crippen LogP contribution in [0.15, 0.2) is 36.5 Å². The van der Waals surface area contributed by atoms with Gasteiger partial charge in [-0.15, -0.1) is 0 Å². The zero-order valence-electron chi connectivity index (χ0n) is 9.47. The summed E-state index contributed by atoms with van der Waals surface area (Å²) < 4.78 is 2.43. The molecule has 1 aliphatic carbocycles. The van der Waals surface area contributed by atoms with Gasteiger partial charge in [-0.3, -0.25) is 0 Å². The van der Waals surface area contributed by atoms with Crippen LogP contribution in [0.1, 0.15) is 25.3 Å². The highest BCUT2D eigenvalue weighted by atomic mass is 15.0. The normalized spacial score (nSPS) is 25.3. The van der Waals surface area contributed by atoms with Gasteiger partial charge in [-0.2, -0.15) is 0 Å². The molecule has 2 atom stereocenters. The van der Waals surface area contributed by atoms with Crippen LogP contribution in [0.3, 0.4) is 0 Å². The zero-order valence-corrected chi connectivity index (χ0v) is 9.47. The van der Waals surface area contributed by atoms with Crippen molar-refractivity contribution in [2.24, 2.45) is 11.7 Å². The Kier molecular flexibility index (Phi) is 2.44. The summed E-state index contributed by atoms with van der Waals surface area (Å²) in [5, 5.41) is 1.34. The van der Waals surface area contributed by atoms with Crippen LogP contribution in [-0.4, -0.2) is 11.1 Å². The fourth-order valence-electron chi connectivity index (χ4n) is 3.05. The molecule has 1 heterocycles. The van der Waals surface area contributed by atoms with Crippen LogP contribution in [0.4, 0.5) is 0 Å². The molecule has 0 amide bonds. The number of hydrogen-bond acceptors (Lipinski definition) is 1. The third-order valence-electron chi connectivity index (χ3n) is 3.91. The second-order valence-electron chi connectivity index (χ2n) is 4.78. The lowest BCUT2D eigenvalue weighted by Gasteiger charge is -2.21. The zero-order chi connectivity index (χ0) is 11.0. The molecular formula is C14H18N2.